The van der Waals surface area contributed by atoms with Crippen LogP contribution in [0, 0.1) is 0 Å². The third kappa shape index (κ3) is 5.99. The van der Waals surface area contributed by atoms with Crippen LogP contribution in [0.4, 0.5) is 5.69 Å². The highest BCUT2D eigenvalue weighted by molar-refractivity contribution is 14.0. The highest BCUT2D eigenvalue weighted by Crippen LogP contribution is 2.30. The smallest absolute Gasteiger partial charge is 0.242 e. The average Bonchev–Trinajstić information content (AvgIpc) is 3.19. The quantitative estimate of drug-likeness (QED) is 0.341. The lowest BCUT2D eigenvalue weighted by atomic mass is 10.1. The van der Waals surface area contributed by atoms with Gasteiger partial charge >= 0.3 is 0 Å². The van der Waals surface area contributed by atoms with Crippen molar-refractivity contribution < 1.29 is 14.3 Å². The van der Waals surface area contributed by atoms with E-state index >= 15 is 0 Å². The van der Waals surface area contributed by atoms with Gasteiger partial charge in [-0.3, -0.25) is 9.79 Å². The number of benzene rings is 1. The number of aliphatic imine (C=N–C) groups is 1. The maximum atomic E-state index is 12.6. The molecule has 1 aliphatic heterocycles. The van der Waals surface area contributed by atoms with E-state index in [0.29, 0.717) is 30.6 Å². The molecule has 2 heterocycles. The fourth-order valence-corrected chi connectivity index (χ4v) is 3.96. The maximum absolute atomic E-state index is 12.6. The summed E-state index contributed by atoms with van der Waals surface area (Å²) < 4.78 is 10.9. The molecule has 0 fully saturated rings. The Kier molecular flexibility index (Phi) is 9.02. The molecule has 158 valence electrons. The second kappa shape index (κ2) is 11.2. The molecule has 1 aromatic heterocycles. The van der Waals surface area contributed by atoms with E-state index in [4.69, 9.17) is 9.47 Å². The van der Waals surface area contributed by atoms with E-state index in [9.17, 15) is 4.79 Å². The first kappa shape index (κ1) is 23.3. The van der Waals surface area contributed by atoms with Gasteiger partial charge in [-0.25, -0.2) is 0 Å². The Labute approximate surface area is 192 Å². The van der Waals surface area contributed by atoms with Crippen LogP contribution in [0.15, 0.2) is 34.6 Å². The lowest BCUT2D eigenvalue weighted by molar-refractivity contribution is -0.130. The molecular weight excluding hydrogens is 503 g/mol. The number of halogens is 1. The fourth-order valence-electron chi connectivity index (χ4n) is 3.07. The molecular formula is C20H27IN4O3S. The summed E-state index contributed by atoms with van der Waals surface area (Å²) in [5.74, 6) is 1.90. The van der Waals surface area contributed by atoms with Crippen molar-refractivity contribution in [3.8, 4) is 11.5 Å². The number of guanidine groups is 1. The SMILES string of the molecule is CCOc1ccc(NC(=NC)NCC(=O)N2CCc3sccc3C2)cc1OC.I. The summed E-state index contributed by atoms with van der Waals surface area (Å²) in [5.41, 5.74) is 2.05. The van der Waals surface area contributed by atoms with Crippen LogP contribution in [0.25, 0.3) is 0 Å². The number of methoxy groups -OCH3 is 1. The van der Waals surface area contributed by atoms with Crippen molar-refractivity contribution in [2.45, 2.75) is 19.9 Å². The number of carbonyl (C=O) groups excluding carboxylic acids is 1. The molecule has 2 aromatic rings. The van der Waals surface area contributed by atoms with Crippen LogP contribution in [-0.4, -0.2) is 50.6 Å². The molecule has 2 N–H and O–H groups in total. The summed E-state index contributed by atoms with van der Waals surface area (Å²) in [6.45, 7) is 4.12. The lowest BCUT2D eigenvalue weighted by Gasteiger charge is -2.27. The second-order valence-corrected chi connectivity index (χ2v) is 7.28. The molecule has 0 radical (unpaired) electrons. The number of ether oxygens (including phenoxy) is 2. The largest absolute Gasteiger partial charge is 0.493 e. The van der Waals surface area contributed by atoms with Crippen molar-refractivity contribution in [3.05, 3.63) is 40.1 Å². The molecule has 0 atom stereocenters. The van der Waals surface area contributed by atoms with E-state index in [2.05, 4.69) is 27.1 Å². The number of carbonyl (C=O) groups is 1. The van der Waals surface area contributed by atoms with Crippen LogP contribution in [0.5, 0.6) is 11.5 Å². The molecule has 29 heavy (non-hydrogen) atoms. The Morgan fingerprint density at radius 3 is 2.86 bits per heavy atom. The van der Waals surface area contributed by atoms with Gasteiger partial charge in [0.15, 0.2) is 17.5 Å². The number of hydrogen-bond donors (Lipinski definition) is 2. The molecule has 7 nitrogen and oxygen atoms in total. The summed E-state index contributed by atoms with van der Waals surface area (Å²) >= 11 is 1.77. The van der Waals surface area contributed by atoms with Gasteiger partial charge in [0.25, 0.3) is 0 Å². The third-order valence-corrected chi connectivity index (χ3v) is 5.54. The average molecular weight is 530 g/mol. The maximum Gasteiger partial charge on any atom is 0.242 e. The van der Waals surface area contributed by atoms with Gasteiger partial charge in [-0.15, -0.1) is 35.3 Å². The summed E-state index contributed by atoms with van der Waals surface area (Å²) in [6.07, 6.45) is 0.928. The Balaban J connectivity index is 0.00000300. The molecule has 3 rings (SSSR count). The number of nitrogens with zero attached hydrogens (tertiary/aromatic N) is 2. The van der Waals surface area contributed by atoms with E-state index in [1.807, 2.05) is 30.0 Å². The number of amides is 1. The minimum Gasteiger partial charge on any atom is -0.493 e. The Morgan fingerprint density at radius 1 is 1.31 bits per heavy atom. The van der Waals surface area contributed by atoms with E-state index < -0.39 is 0 Å². The Bertz CT molecular complexity index is 856. The van der Waals surface area contributed by atoms with Crippen LogP contribution >= 0.6 is 35.3 Å². The summed E-state index contributed by atoms with van der Waals surface area (Å²) in [5, 5.41) is 8.36. The van der Waals surface area contributed by atoms with Crippen molar-refractivity contribution >= 4 is 52.9 Å². The minimum atomic E-state index is 0. The predicted molar refractivity (Wildman–Crippen MR) is 128 cm³/mol. The van der Waals surface area contributed by atoms with E-state index in [1.54, 1.807) is 25.5 Å². The normalized spacial score (nSPS) is 13.2. The van der Waals surface area contributed by atoms with Crippen LogP contribution in [0.3, 0.4) is 0 Å². The third-order valence-electron chi connectivity index (χ3n) is 4.52. The van der Waals surface area contributed by atoms with Crippen LogP contribution in [-0.2, 0) is 17.8 Å². The van der Waals surface area contributed by atoms with Gasteiger partial charge in [-0.05, 0) is 42.5 Å². The number of fused-ring (bicyclic) bond motifs is 1. The molecule has 9 heteroatoms. The van der Waals surface area contributed by atoms with Crippen molar-refractivity contribution in [2.75, 3.05) is 39.2 Å². The first-order valence-corrected chi connectivity index (χ1v) is 10.1. The van der Waals surface area contributed by atoms with E-state index in [-0.39, 0.29) is 36.4 Å². The number of nitrogens with one attached hydrogen (secondary N) is 2. The monoisotopic (exact) mass is 530 g/mol. The van der Waals surface area contributed by atoms with E-state index in [1.165, 1.54) is 10.4 Å². The second-order valence-electron chi connectivity index (χ2n) is 6.28. The number of rotatable bonds is 6. The van der Waals surface area contributed by atoms with Crippen LogP contribution < -0.4 is 20.1 Å². The molecule has 1 aliphatic rings. The van der Waals surface area contributed by atoms with E-state index in [0.717, 1.165) is 18.7 Å². The minimum absolute atomic E-state index is 0. The highest BCUT2D eigenvalue weighted by atomic mass is 127. The molecule has 0 unspecified atom stereocenters. The molecule has 1 aromatic carbocycles. The Morgan fingerprint density at radius 2 is 2.14 bits per heavy atom. The highest BCUT2D eigenvalue weighted by Gasteiger charge is 2.21. The van der Waals surface area contributed by atoms with Gasteiger partial charge in [0, 0.05) is 36.8 Å². The molecule has 0 aliphatic carbocycles. The van der Waals surface area contributed by atoms with Gasteiger partial charge < -0.3 is 25.0 Å². The first-order chi connectivity index (χ1) is 13.6. The number of thiophene rings is 1. The molecule has 0 spiro atoms. The lowest BCUT2D eigenvalue weighted by Crippen LogP contribution is -2.43. The zero-order chi connectivity index (χ0) is 19.9. The van der Waals surface area contributed by atoms with Crippen molar-refractivity contribution in [2.24, 2.45) is 4.99 Å². The van der Waals surface area contributed by atoms with Crippen LogP contribution in [0.2, 0.25) is 0 Å². The zero-order valence-electron chi connectivity index (χ0n) is 16.9. The fraction of sp³-hybridized carbons (Fsp3) is 0.400. The van der Waals surface area contributed by atoms with Crippen molar-refractivity contribution in [3.63, 3.8) is 0 Å². The Hall–Kier alpha value is -2.01. The number of hydrogen-bond acceptors (Lipinski definition) is 5. The topological polar surface area (TPSA) is 75.2 Å². The molecule has 0 saturated carbocycles. The van der Waals surface area contributed by atoms with Gasteiger partial charge in [0.05, 0.1) is 20.3 Å². The summed E-state index contributed by atoms with van der Waals surface area (Å²) in [6, 6.07) is 7.66. The molecule has 0 saturated heterocycles. The van der Waals surface area contributed by atoms with Gasteiger partial charge in [-0.2, -0.15) is 0 Å². The van der Waals surface area contributed by atoms with Crippen molar-refractivity contribution in [1.82, 2.24) is 10.2 Å². The zero-order valence-corrected chi connectivity index (χ0v) is 20.0. The summed E-state index contributed by atoms with van der Waals surface area (Å²) in [7, 11) is 3.27. The molecule has 1 amide bonds. The van der Waals surface area contributed by atoms with Gasteiger partial charge in [-0.1, -0.05) is 0 Å². The van der Waals surface area contributed by atoms with Crippen molar-refractivity contribution in [1.29, 1.82) is 0 Å². The first-order valence-electron chi connectivity index (χ1n) is 9.26. The number of anilines is 1. The molecule has 0 bridgehead atoms. The predicted octanol–water partition coefficient (Wildman–Crippen LogP) is 3.35. The summed E-state index contributed by atoms with van der Waals surface area (Å²) in [4.78, 5) is 20.0. The van der Waals surface area contributed by atoms with Gasteiger partial charge in [0.1, 0.15) is 0 Å². The van der Waals surface area contributed by atoms with Crippen LogP contribution in [0.1, 0.15) is 17.4 Å². The standard InChI is InChI=1S/C20H26N4O3S.HI/c1-4-27-16-6-5-15(11-17(16)26-3)23-20(21-2)22-12-19(25)24-9-7-18-14(13-24)8-10-28-18;/h5-6,8,10-11H,4,7,9,12-13H2,1-3H3,(H2,21,22,23);1H. The van der Waals surface area contributed by atoms with Gasteiger partial charge in [0.2, 0.25) is 5.91 Å².